The first kappa shape index (κ1) is 10.7. The fraction of sp³-hybridized carbons (Fsp3) is 0.833. The molecule has 0 aliphatic carbocycles. The number of hydrazine groups is 1. The maximum Gasteiger partial charge on any atom is 0.234 e. The fourth-order valence-corrected chi connectivity index (χ4v) is 1.46. The van der Waals surface area contributed by atoms with Crippen molar-refractivity contribution in [3.05, 3.63) is 0 Å². The van der Waals surface area contributed by atoms with Gasteiger partial charge in [0, 0.05) is 24.0 Å². The summed E-state index contributed by atoms with van der Waals surface area (Å²) in [6, 6.07) is 0. The molecule has 11 heavy (non-hydrogen) atoms. The van der Waals surface area contributed by atoms with Crippen molar-refractivity contribution in [2.24, 2.45) is 11.6 Å². The van der Waals surface area contributed by atoms with Crippen LogP contribution in [-0.2, 0) is 4.79 Å². The van der Waals surface area contributed by atoms with Gasteiger partial charge in [0.1, 0.15) is 0 Å². The Morgan fingerprint density at radius 2 is 2.36 bits per heavy atom. The first-order chi connectivity index (χ1) is 5.20. The molecule has 5 heteroatoms. The summed E-state index contributed by atoms with van der Waals surface area (Å²) in [6.07, 6.45) is 0.459. The van der Waals surface area contributed by atoms with E-state index in [9.17, 15) is 4.79 Å². The predicted molar refractivity (Wildman–Crippen MR) is 47.9 cm³/mol. The highest BCUT2D eigenvalue weighted by atomic mass is 32.2. The number of carbonyl (C=O) groups excluding carboxylic acids is 1. The molecule has 0 aromatic rings. The number of hydrogen-bond donors (Lipinski definition) is 3. The average molecular weight is 177 g/mol. The van der Waals surface area contributed by atoms with E-state index >= 15 is 0 Å². The monoisotopic (exact) mass is 177 g/mol. The summed E-state index contributed by atoms with van der Waals surface area (Å²) < 4.78 is 0. The number of hydrogen-bond acceptors (Lipinski definition) is 4. The molecule has 0 aliphatic rings. The molecular weight excluding hydrogens is 162 g/mol. The minimum Gasteiger partial charge on any atom is -0.330 e. The van der Waals surface area contributed by atoms with Crippen molar-refractivity contribution in [2.75, 3.05) is 12.3 Å². The number of nitrogens with one attached hydrogen (secondary N) is 1. The lowest BCUT2D eigenvalue weighted by Crippen LogP contribution is -2.31. The quantitative estimate of drug-likeness (QED) is 0.299. The number of nitrogens with two attached hydrogens (primary N) is 2. The van der Waals surface area contributed by atoms with Crippen LogP contribution in [0.1, 0.15) is 13.3 Å². The van der Waals surface area contributed by atoms with Gasteiger partial charge in [0.2, 0.25) is 5.91 Å². The van der Waals surface area contributed by atoms with Crippen molar-refractivity contribution in [1.29, 1.82) is 0 Å². The van der Waals surface area contributed by atoms with Gasteiger partial charge in [0.15, 0.2) is 0 Å². The summed E-state index contributed by atoms with van der Waals surface area (Å²) >= 11 is 1.68. The standard InChI is InChI=1S/C6H15N3OS/c1-5(11-3-2-7)4-6(10)9-8/h5H,2-4,7-8H2,1H3,(H,9,10). The maximum absolute atomic E-state index is 10.7. The molecule has 5 N–H and O–H groups in total. The van der Waals surface area contributed by atoms with Gasteiger partial charge in [-0.25, -0.2) is 5.84 Å². The second kappa shape index (κ2) is 6.45. The molecule has 0 bridgehead atoms. The normalized spacial score (nSPS) is 12.6. The van der Waals surface area contributed by atoms with Crippen molar-refractivity contribution in [1.82, 2.24) is 5.43 Å². The van der Waals surface area contributed by atoms with Crippen LogP contribution < -0.4 is 17.0 Å². The molecule has 0 aromatic carbocycles. The van der Waals surface area contributed by atoms with Gasteiger partial charge in [-0.15, -0.1) is 0 Å². The molecule has 0 saturated carbocycles. The van der Waals surface area contributed by atoms with Gasteiger partial charge >= 0.3 is 0 Å². The Bertz CT molecular complexity index is 120. The van der Waals surface area contributed by atoms with Crippen LogP contribution in [0.15, 0.2) is 0 Å². The Hall–Kier alpha value is -0.260. The zero-order valence-electron chi connectivity index (χ0n) is 6.67. The first-order valence-electron chi connectivity index (χ1n) is 3.51. The maximum atomic E-state index is 10.7. The third-order valence-electron chi connectivity index (χ3n) is 1.15. The van der Waals surface area contributed by atoms with E-state index in [2.05, 4.69) is 5.43 Å². The van der Waals surface area contributed by atoms with Gasteiger partial charge in [-0.05, 0) is 0 Å². The molecule has 0 aromatic heterocycles. The van der Waals surface area contributed by atoms with Crippen LogP contribution in [0.25, 0.3) is 0 Å². The van der Waals surface area contributed by atoms with Crippen LogP contribution in [0.4, 0.5) is 0 Å². The van der Waals surface area contributed by atoms with Crippen LogP contribution in [0, 0.1) is 0 Å². The van der Waals surface area contributed by atoms with Crippen LogP contribution in [0.2, 0.25) is 0 Å². The van der Waals surface area contributed by atoms with Crippen molar-refractivity contribution >= 4 is 17.7 Å². The fourth-order valence-electron chi connectivity index (χ4n) is 0.648. The molecule has 0 radical (unpaired) electrons. The largest absolute Gasteiger partial charge is 0.330 e. The van der Waals surface area contributed by atoms with E-state index in [-0.39, 0.29) is 5.91 Å². The van der Waals surface area contributed by atoms with Crippen LogP contribution in [0.3, 0.4) is 0 Å². The lowest BCUT2D eigenvalue weighted by Gasteiger charge is -2.08. The van der Waals surface area contributed by atoms with Crippen molar-refractivity contribution in [2.45, 2.75) is 18.6 Å². The summed E-state index contributed by atoms with van der Waals surface area (Å²) in [5, 5.41) is 0.294. The SMILES string of the molecule is CC(CC(=O)NN)SCCN. The highest BCUT2D eigenvalue weighted by molar-refractivity contribution is 7.99. The van der Waals surface area contributed by atoms with Crippen LogP contribution in [-0.4, -0.2) is 23.5 Å². The third-order valence-corrected chi connectivity index (χ3v) is 2.36. The van der Waals surface area contributed by atoms with Crippen LogP contribution in [0.5, 0.6) is 0 Å². The highest BCUT2D eigenvalue weighted by Crippen LogP contribution is 2.12. The minimum absolute atomic E-state index is 0.123. The molecule has 0 saturated heterocycles. The average Bonchev–Trinajstić information content (AvgIpc) is 2.00. The number of thioether (sulfide) groups is 1. The molecule has 0 fully saturated rings. The van der Waals surface area contributed by atoms with Crippen LogP contribution >= 0.6 is 11.8 Å². The summed E-state index contributed by atoms with van der Waals surface area (Å²) in [4.78, 5) is 10.7. The van der Waals surface area contributed by atoms with E-state index in [0.717, 1.165) is 5.75 Å². The lowest BCUT2D eigenvalue weighted by molar-refractivity contribution is -0.121. The summed E-state index contributed by atoms with van der Waals surface area (Å²) in [5.41, 5.74) is 7.38. The molecular formula is C6H15N3OS. The van der Waals surface area contributed by atoms with Gasteiger partial charge in [0.05, 0.1) is 0 Å². The second-order valence-corrected chi connectivity index (χ2v) is 3.79. The topological polar surface area (TPSA) is 81.1 Å². The van der Waals surface area contributed by atoms with Crippen molar-refractivity contribution in [3.63, 3.8) is 0 Å². The summed E-state index contributed by atoms with van der Waals surface area (Å²) in [5.74, 6) is 5.68. The molecule has 1 unspecified atom stereocenters. The Labute approximate surface area is 71.0 Å². The molecule has 0 rings (SSSR count). The van der Waals surface area contributed by atoms with Gasteiger partial charge in [-0.2, -0.15) is 11.8 Å². The lowest BCUT2D eigenvalue weighted by atomic mass is 10.3. The third kappa shape index (κ3) is 6.15. The van der Waals surface area contributed by atoms with E-state index in [0.29, 0.717) is 18.2 Å². The summed E-state index contributed by atoms with van der Waals surface area (Å²) in [6.45, 7) is 2.63. The zero-order chi connectivity index (χ0) is 8.69. The summed E-state index contributed by atoms with van der Waals surface area (Å²) in [7, 11) is 0. The molecule has 66 valence electrons. The molecule has 0 heterocycles. The molecule has 0 aliphatic heterocycles. The predicted octanol–water partition coefficient (Wildman–Crippen LogP) is -0.553. The first-order valence-corrected chi connectivity index (χ1v) is 4.56. The molecule has 1 atom stereocenters. The van der Waals surface area contributed by atoms with E-state index in [1.54, 1.807) is 11.8 Å². The molecule has 0 spiro atoms. The van der Waals surface area contributed by atoms with E-state index < -0.39 is 0 Å². The molecule has 4 nitrogen and oxygen atoms in total. The Kier molecular flexibility index (Phi) is 6.30. The zero-order valence-corrected chi connectivity index (χ0v) is 7.49. The Balaban J connectivity index is 3.35. The van der Waals surface area contributed by atoms with E-state index in [1.165, 1.54) is 0 Å². The highest BCUT2D eigenvalue weighted by Gasteiger charge is 2.06. The van der Waals surface area contributed by atoms with E-state index in [1.807, 2.05) is 6.92 Å². The van der Waals surface area contributed by atoms with E-state index in [4.69, 9.17) is 11.6 Å². The minimum atomic E-state index is -0.123. The number of amides is 1. The Morgan fingerprint density at radius 3 is 2.82 bits per heavy atom. The van der Waals surface area contributed by atoms with Gasteiger partial charge in [-0.1, -0.05) is 6.92 Å². The number of rotatable bonds is 5. The van der Waals surface area contributed by atoms with Crippen molar-refractivity contribution in [3.8, 4) is 0 Å². The smallest absolute Gasteiger partial charge is 0.234 e. The van der Waals surface area contributed by atoms with Gasteiger partial charge in [-0.3, -0.25) is 10.2 Å². The molecule has 1 amide bonds. The number of carbonyl (C=O) groups is 1. The van der Waals surface area contributed by atoms with Crippen molar-refractivity contribution < 1.29 is 4.79 Å². The van der Waals surface area contributed by atoms with Gasteiger partial charge < -0.3 is 5.73 Å². The second-order valence-electron chi connectivity index (χ2n) is 2.24. The Morgan fingerprint density at radius 1 is 1.73 bits per heavy atom. The van der Waals surface area contributed by atoms with Gasteiger partial charge in [0.25, 0.3) is 0 Å².